The molecule has 0 radical (unpaired) electrons. The predicted molar refractivity (Wildman–Crippen MR) is 115 cm³/mol. The number of nitrogens with one attached hydrogen (secondary N) is 2. The Morgan fingerprint density at radius 2 is 2.00 bits per heavy atom. The Bertz CT molecular complexity index is 1010. The Morgan fingerprint density at radius 1 is 1.28 bits per heavy atom. The molecule has 1 fully saturated rings. The van der Waals surface area contributed by atoms with Crippen LogP contribution >= 0.6 is 23.4 Å². The Morgan fingerprint density at radius 3 is 2.69 bits per heavy atom. The Kier molecular flexibility index (Phi) is 6.66. The molecular weight excluding hydrogens is 415 g/mol. The molecule has 6 nitrogen and oxygen atoms in total. The van der Waals surface area contributed by atoms with Crippen LogP contribution in [0.1, 0.15) is 24.5 Å². The van der Waals surface area contributed by atoms with Crippen LogP contribution in [0.15, 0.2) is 52.7 Å². The lowest BCUT2D eigenvalue weighted by molar-refractivity contribution is -0.122. The van der Waals surface area contributed by atoms with E-state index in [1.165, 1.54) is 12.1 Å². The van der Waals surface area contributed by atoms with Gasteiger partial charge >= 0.3 is 0 Å². The minimum absolute atomic E-state index is 0.0122. The highest BCUT2D eigenvalue weighted by Crippen LogP contribution is 2.24. The fourth-order valence-corrected chi connectivity index (χ4v) is 3.61. The number of hydrogen-bond donors (Lipinski definition) is 2. The summed E-state index contributed by atoms with van der Waals surface area (Å²) in [7, 11) is 0. The highest BCUT2D eigenvalue weighted by molar-refractivity contribution is 8.15. The third-order valence-electron chi connectivity index (χ3n) is 4.16. The first-order valence-corrected chi connectivity index (χ1v) is 9.99. The predicted octanol–water partition coefficient (Wildman–Crippen LogP) is 4.13. The maximum absolute atomic E-state index is 13.0. The Balaban J connectivity index is 1.59. The molecule has 0 saturated carbocycles. The lowest BCUT2D eigenvalue weighted by Crippen LogP contribution is -2.28. The molecule has 2 N–H and O–H groups in total. The van der Waals surface area contributed by atoms with Crippen molar-refractivity contribution in [3.63, 3.8) is 0 Å². The van der Waals surface area contributed by atoms with Gasteiger partial charge in [-0.2, -0.15) is 5.10 Å². The summed E-state index contributed by atoms with van der Waals surface area (Å²) in [4.78, 5) is 24.4. The van der Waals surface area contributed by atoms with Crippen molar-refractivity contribution in [1.29, 1.82) is 0 Å². The molecule has 0 aliphatic carbocycles. The van der Waals surface area contributed by atoms with Gasteiger partial charge in [-0.1, -0.05) is 41.6 Å². The van der Waals surface area contributed by atoms with Gasteiger partial charge in [0.05, 0.1) is 5.71 Å². The Labute approximate surface area is 176 Å². The molecule has 1 unspecified atom stereocenters. The number of halogens is 2. The number of carbonyl (C=O) groups excluding carboxylic acids is 2. The molecule has 150 valence electrons. The van der Waals surface area contributed by atoms with Crippen molar-refractivity contribution in [2.24, 2.45) is 10.2 Å². The minimum atomic E-state index is -0.601. The molecule has 1 saturated heterocycles. The zero-order chi connectivity index (χ0) is 21.0. The van der Waals surface area contributed by atoms with E-state index in [1.807, 2.05) is 6.92 Å². The largest absolute Gasteiger partial charge is 0.326 e. The van der Waals surface area contributed by atoms with E-state index in [0.29, 0.717) is 21.6 Å². The number of thioether (sulfide) groups is 1. The van der Waals surface area contributed by atoms with Crippen LogP contribution in [0, 0.1) is 12.7 Å². The molecule has 2 aromatic carbocycles. The monoisotopic (exact) mass is 432 g/mol. The molecule has 0 bridgehead atoms. The summed E-state index contributed by atoms with van der Waals surface area (Å²) in [6, 6.07) is 11.1. The second-order valence-corrected chi connectivity index (χ2v) is 8.01. The van der Waals surface area contributed by atoms with E-state index in [-0.39, 0.29) is 24.1 Å². The SMILES string of the molecule is C/C(=N/N=C1\NC(=O)C(CC(=O)Nc2ccc(C)c(Cl)c2)S1)c1ccc(F)cc1. The molecule has 29 heavy (non-hydrogen) atoms. The molecule has 0 aromatic heterocycles. The van der Waals surface area contributed by atoms with Gasteiger partial charge in [0.15, 0.2) is 5.17 Å². The van der Waals surface area contributed by atoms with Crippen molar-refractivity contribution in [2.45, 2.75) is 25.5 Å². The van der Waals surface area contributed by atoms with Gasteiger partial charge in [-0.3, -0.25) is 9.59 Å². The quantitative estimate of drug-likeness (QED) is 0.550. The van der Waals surface area contributed by atoms with E-state index in [2.05, 4.69) is 20.8 Å². The number of carbonyl (C=O) groups is 2. The molecule has 1 aliphatic rings. The van der Waals surface area contributed by atoms with Crippen LogP contribution in [-0.4, -0.2) is 27.9 Å². The molecule has 1 aliphatic heterocycles. The van der Waals surface area contributed by atoms with Crippen molar-refractivity contribution in [3.05, 3.63) is 64.4 Å². The molecule has 3 rings (SSSR count). The van der Waals surface area contributed by atoms with Crippen molar-refractivity contribution >= 4 is 51.7 Å². The molecule has 0 spiro atoms. The van der Waals surface area contributed by atoms with Gasteiger partial charge < -0.3 is 10.6 Å². The average molecular weight is 433 g/mol. The molecule has 9 heteroatoms. The highest BCUT2D eigenvalue weighted by atomic mass is 35.5. The lowest BCUT2D eigenvalue weighted by atomic mass is 10.1. The van der Waals surface area contributed by atoms with Crippen LogP contribution in [0.4, 0.5) is 10.1 Å². The number of nitrogens with zero attached hydrogens (tertiary/aromatic N) is 2. The summed E-state index contributed by atoms with van der Waals surface area (Å²) >= 11 is 7.19. The number of anilines is 1. The summed E-state index contributed by atoms with van der Waals surface area (Å²) in [5.41, 5.74) is 2.78. The first-order valence-electron chi connectivity index (χ1n) is 8.73. The maximum atomic E-state index is 13.0. The van der Waals surface area contributed by atoms with Crippen LogP contribution in [0.2, 0.25) is 5.02 Å². The molecule has 1 heterocycles. The number of benzene rings is 2. The second kappa shape index (κ2) is 9.19. The van der Waals surface area contributed by atoms with E-state index < -0.39 is 5.25 Å². The summed E-state index contributed by atoms with van der Waals surface area (Å²) in [6.45, 7) is 3.60. The highest BCUT2D eigenvalue weighted by Gasteiger charge is 2.32. The fourth-order valence-electron chi connectivity index (χ4n) is 2.51. The van der Waals surface area contributed by atoms with Gasteiger partial charge in [0.1, 0.15) is 11.1 Å². The summed E-state index contributed by atoms with van der Waals surface area (Å²) in [5.74, 6) is -0.939. The zero-order valence-corrected chi connectivity index (χ0v) is 17.3. The van der Waals surface area contributed by atoms with E-state index in [1.54, 1.807) is 37.3 Å². The number of rotatable bonds is 5. The minimum Gasteiger partial charge on any atom is -0.326 e. The van der Waals surface area contributed by atoms with Crippen LogP contribution in [0.5, 0.6) is 0 Å². The standard InChI is InChI=1S/C20H18ClFN4O2S/c1-11-3-8-15(9-16(11)21)23-18(27)10-17-19(28)24-20(29-17)26-25-12(2)13-4-6-14(22)7-5-13/h3-9,17H,10H2,1-2H3,(H,23,27)(H,24,26,28)/b25-12-. The van der Waals surface area contributed by atoms with Crippen LogP contribution in [0.25, 0.3) is 0 Å². The first-order chi connectivity index (χ1) is 13.8. The molecular formula is C20H18ClFN4O2S. The zero-order valence-electron chi connectivity index (χ0n) is 15.7. The van der Waals surface area contributed by atoms with Crippen LogP contribution < -0.4 is 10.6 Å². The van der Waals surface area contributed by atoms with Gasteiger partial charge in [0.25, 0.3) is 0 Å². The first kappa shape index (κ1) is 21.0. The summed E-state index contributed by atoms with van der Waals surface area (Å²) in [5, 5.41) is 13.7. The van der Waals surface area contributed by atoms with Gasteiger partial charge in [0, 0.05) is 17.1 Å². The van der Waals surface area contributed by atoms with Crippen LogP contribution in [-0.2, 0) is 9.59 Å². The van der Waals surface area contributed by atoms with E-state index in [4.69, 9.17) is 11.6 Å². The number of amides is 2. The summed E-state index contributed by atoms with van der Waals surface area (Å²) in [6.07, 6.45) is -0.0122. The van der Waals surface area contributed by atoms with Crippen molar-refractivity contribution in [2.75, 3.05) is 5.32 Å². The third kappa shape index (κ3) is 5.65. The molecule has 2 amide bonds. The summed E-state index contributed by atoms with van der Waals surface area (Å²) < 4.78 is 13.0. The van der Waals surface area contributed by atoms with Crippen molar-refractivity contribution in [3.8, 4) is 0 Å². The van der Waals surface area contributed by atoms with Gasteiger partial charge in [0.2, 0.25) is 11.8 Å². The van der Waals surface area contributed by atoms with E-state index >= 15 is 0 Å². The van der Waals surface area contributed by atoms with Crippen LogP contribution in [0.3, 0.4) is 0 Å². The average Bonchev–Trinajstić information content (AvgIpc) is 3.02. The van der Waals surface area contributed by atoms with E-state index in [0.717, 1.165) is 22.9 Å². The smallest absolute Gasteiger partial charge is 0.240 e. The number of amidine groups is 1. The molecule has 2 aromatic rings. The number of aryl methyl sites for hydroxylation is 1. The maximum Gasteiger partial charge on any atom is 0.240 e. The lowest BCUT2D eigenvalue weighted by Gasteiger charge is -2.08. The normalized spacial score (nSPS) is 18.1. The number of hydrogen-bond acceptors (Lipinski definition) is 5. The Hall–Kier alpha value is -2.71. The topological polar surface area (TPSA) is 82.9 Å². The fraction of sp³-hybridized carbons (Fsp3) is 0.200. The van der Waals surface area contributed by atoms with Crippen molar-refractivity contribution < 1.29 is 14.0 Å². The van der Waals surface area contributed by atoms with Gasteiger partial charge in [-0.25, -0.2) is 4.39 Å². The van der Waals surface area contributed by atoms with Crippen molar-refractivity contribution in [1.82, 2.24) is 5.32 Å². The molecule has 1 atom stereocenters. The van der Waals surface area contributed by atoms with Gasteiger partial charge in [-0.05, 0) is 49.2 Å². The van der Waals surface area contributed by atoms with E-state index in [9.17, 15) is 14.0 Å². The van der Waals surface area contributed by atoms with Gasteiger partial charge in [-0.15, -0.1) is 5.10 Å². The second-order valence-electron chi connectivity index (χ2n) is 6.41. The third-order valence-corrected chi connectivity index (χ3v) is 5.64.